The Morgan fingerprint density at radius 3 is 2.71 bits per heavy atom. The van der Waals surface area contributed by atoms with Gasteiger partial charge >= 0.3 is 21.8 Å². The number of aromatic nitrogens is 2. The smallest absolute Gasteiger partial charge is 0.364 e. The molecule has 31 heavy (non-hydrogen) atoms. The maximum Gasteiger partial charge on any atom is 0.479 e. The first-order valence-electron chi connectivity index (χ1n) is 9.07. The molecule has 0 radical (unpaired) electrons. The van der Waals surface area contributed by atoms with Gasteiger partial charge in [-0.2, -0.15) is 0 Å². The van der Waals surface area contributed by atoms with E-state index in [-0.39, 0.29) is 17.1 Å². The summed E-state index contributed by atoms with van der Waals surface area (Å²) in [5.74, 6) is 0.274. The van der Waals surface area contributed by atoms with Gasteiger partial charge < -0.3 is 19.3 Å². The van der Waals surface area contributed by atoms with Gasteiger partial charge in [-0.25, -0.2) is 13.7 Å². The lowest BCUT2D eigenvalue weighted by atomic mass is 10.2. The molecule has 0 amide bonds. The fraction of sp³-hybridized carbons (Fsp3) is 0.733. The summed E-state index contributed by atoms with van der Waals surface area (Å²) in [5.41, 5.74) is -0.882. The van der Waals surface area contributed by atoms with Crippen LogP contribution in [0, 0.1) is 6.92 Å². The molecular weight excluding hydrogens is 494 g/mol. The second-order valence-corrected chi connectivity index (χ2v) is 13.1. The molecular formula is C15H26N2O10P2S2. The second-order valence-electron chi connectivity index (χ2n) is 7.60. The number of rotatable bonds is 10. The molecule has 1 saturated heterocycles. The van der Waals surface area contributed by atoms with E-state index in [4.69, 9.17) is 18.9 Å². The zero-order valence-corrected chi connectivity index (χ0v) is 20.8. The summed E-state index contributed by atoms with van der Waals surface area (Å²) in [6.45, 7) is 7.19. The van der Waals surface area contributed by atoms with Crippen molar-refractivity contribution in [2.24, 2.45) is 0 Å². The highest BCUT2D eigenvalue weighted by Crippen LogP contribution is 2.51. The van der Waals surface area contributed by atoms with Gasteiger partial charge in [0, 0.05) is 22.9 Å². The van der Waals surface area contributed by atoms with Crippen molar-refractivity contribution < 1.29 is 37.2 Å². The summed E-state index contributed by atoms with van der Waals surface area (Å²) in [6, 6.07) is 0. The highest BCUT2D eigenvalue weighted by atomic mass is 33.1. The third kappa shape index (κ3) is 8.81. The number of nitrogens with one attached hydrogen (secondary N) is 1. The highest BCUT2D eigenvalue weighted by molar-refractivity contribution is 8.77. The first kappa shape index (κ1) is 26.8. The van der Waals surface area contributed by atoms with Gasteiger partial charge in [-0.3, -0.25) is 23.4 Å². The number of H-pyrrole nitrogens is 1. The van der Waals surface area contributed by atoms with E-state index in [1.165, 1.54) is 28.5 Å². The van der Waals surface area contributed by atoms with E-state index in [2.05, 4.69) is 9.29 Å². The Bertz CT molecular complexity index is 947. The minimum Gasteiger partial charge on any atom is -0.364 e. The van der Waals surface area contributed by atoms with E-state index in [1.807, 2.05) is 20.8 Å². The molecule has 1 aromatic rings. The van der Waals surface area contributed by atoms with Crippen LogP contribution in [-0.2, 0) is 27.4 Å². The van der Waals surface area contributed by atoms with Gasteiger partial charge in [-0.05, 0) is 6.92 Å². The van der Waals surface area contributed by atoms with Crippen molar-refractivity contribution in [1.82, 2.24) is 9.55 Å². The fourth-order valence-corrected chi connectivity index (χ4v) is 5.94. The lowest BCUT2D eigenvalue weighted by Gasteiger charge is -2.21. The van der Waals surface area contributed by atoms with E-state index in [9.17, 15) is 23.6 Å². The Kier molecular flexibility index (Phi) is 9.66. The standard InChI is InChI=1S/C15H26N2O10P2S2/c1-9-6-17(14(19)16-13(9)18)12-5-10(24-8-30-31-15(2,3)4)11(26-12)7-25-29(22,23)27-28(20)21/h6,10-12,28H,5,7-8H2,1-4H3,(H,20,21)(H,22,23)(H,16,18,19)/t10?,11-,12-/m1/s1. The summed E-state index contributed by atoms with van der Waals surface area (Å²) in [6.07, 6.45) is -0.766. The molecule has 2 heterocycles. The summed E-state index contributed by atoms with van der Waals surface area (Å²) in [4.78, 5) is 44.2. The molecule has 0 saturated carbocycles. The summed E-state index contributed by atoms with van der Waals surface area (Å²) < 4.78 is 44.0. The molecule has 16 heteroatoms. The van der Waals surface area contributed by atoms with Crippen LogP contribution >= 0.6 is 37.7 Å². The van der Waals surface area contributed by atoms with Crippen LogP contribution in [0.5, 0.6) is 0 Å². The van der Waals surface area contributed by atoms with Gasteiger partial charge in [0.1, 0.15) is 18.3 Å². The van der Waals surface area contributed by atoms with Crippen LogP contribution in [0.15, 0.2) is 15.8 Å². The Balaban J connectivity index is 2.12. The third-order valence-electron chi connectivity index (χ3n) is 3.87. The zero-order valence-electron chi connectivity index (χ0n) is 17.3. The zero-order chi connectivity index (χ0) is 23.4. The van der Waals surface area contributed by atoms with Crippen LogP contribution in [0.1, 0.15) is 39.0 Å². The summed E-state index contributed by atoms with van der Waals surface area (Å²) in [7, 11) is -5.39. The van der Waals surface area contributed by atoms with Crippen LogP contribution in [0.3, 0.4) is 0 Å². The number of nitrogens with zero attached hydrogens (tertiary/aromatic N) is 1. The molecule has 0 aromatic carbocycles. The number of phosphoric ester groups is 1. The molecule has 1 aliphatic rings. The van der Waals surface area contributed by atoms with E-state index < -0.39 is 52.4 Å². The van der Waals surface area contributed by atoms with Gasteiger partial charge in [-0.1, -0.05) is 42.4 Å². The van der Waals surface area contributed by atoms with Gasteiger partial charge in [0.05, 0.1) is 12.7 Å². The molecule has 5 atom stereocenters. The van der Waals surface area contributed by atoms with E-state index in [0.29, 0.717) is 5.56 Å². The number of hydrogen-bond donors (Lipinski definition) is 3. The molecule has 3 unspecified atom stereocenters. The van der Waals surface area contributed by atoms with Gasteiger partial charge in [0.15, 0.2) is 0 Å². The van der Waals surface area contributed by atoms with Crippen LogP contribution in [0.4, 0.5) is 0 Å². The van der Waals surface area contributed by atoms with Gasteiger partial charge in [0.2, 0.25) is 0 Å². The Hall–Kier alpha value is -0.400. The number of aryl methyl sites for hydroxylation is 1. The SMILES string of the molecule is Cc1cn([C@H]2CC(OCSSC(C)(C)C)[C@@H](COP(=O)(O)O[PH](=O)O)O2)c(=O)[nH]c1=O. The molecule has 0 spiro atoms. The van der Waals surface area contributed by atoms with Crippen molar-refractivity contribution >= 4 is 37.7 Å². The maximum atomic E-state index is 12.2. The van der Waals surface area contributed by atoms with Gasteiger partial charge in [0.25, 0.3) is 5.56 Å². The molecule has 0 aliphatic carbocycles. The lowest BCUT2D eigenvalue weighted by molar-refractivity contribution is -0.0541. The molecule has 2 rings (SSSR count). The highest BCUT2D eigenvalue weighted by Gasteiger charge is 2.39. The van der Waals surface area contributed by atoms with Crippen LogP contribution < -0.4 is 11.2 Å². The molecule has 0 bridgehead atoms. The first-order valence-corrected chi connectivity index (χ1v) is 14.1. The van der Waals surface area contributed by atoms with Crippen molar-refractivity contribution in [3.8, 4) is 0 Å². The van der Waals surface area contributed by atoms with Crippen molar-refractivity contribution in [3.05, 3.63) is 32.6 Å². The molecule has 1 aromatic heterocycles. The molecule has 3 N–H and O–H groups in total. The van der Waals surface area contributed by atoms with E-state index >= 15 is 0 Å². The van der Waals surface area contributed by atoms with Crippen LogP contribution in [-0.4, -0.2) is 48.8 Å². The monoisotopic (exact) mass is 520 g/mol. The predicted octanol–water partition coefficient (Wildman–Crippen LogP) is 2.17. The van der Waals surface area contributed by atoms with E-state index in [1.54, 1.807) is 10.8 Å². The van der Waals surface area contributed by atoms with Crippen molar-refractivity contribution in [2.45, 2.75) is 57.3 Å². The van der Waals surface area contributed by atoms with Gasteiger partial charge in [-0.15, -0.1) is 0 Å². The Morgan fingerprint density at radius 2 is 2.10 bits per heavy atom. The molecule has 1 fully saturated rings. The van der Waals surface area contributed by atoms with E-state index in [0.717, 1.165) is 0 Å². The fourth-order valence-electron chi connectivity index (χ4n) is 2.61. The number of aromatic amines is 1. The molecule has 1 aliphatic heterocycles. The Morgan fingerprint density at radius 1 is 1.42 bits per heavy atom. The average molecular weight is 520 g/mol. The minimum atomic E-state index is -4.78. The maximum absolute atomic E-state index is 12.2. The Labute approximate surface area is 187 Å². The summed E-state index contributed by atoms with van der Waals surface area (Å²) in [5, 5.41) is 0. The number of phosphoric acid groups is 1. The van der Waals surface area contributed by atoms with Crippen LogP contribution in [0.25, 0.3) is 0 Å². The first-order chi connectivity index (χ1) is 14.3. The summed E-state index contributed by atoms with van der Waals surface area (Å²) >= 11 is 0. The quantitative estimate of drug-likeness (QED) is 0.178. The largest absolute Gasteiger partial charge is 0.479 e. The van der Waals surface area contributed by atoms with Crippen molar-refractivity contribution in [1.29, 1.82) is 0 Å². The van der Waals surface area contributed by atoms with Crippen molar-refractivity contribution in [3.63, 3.8) is 0 Å². The minimum absolute atomic E-state index is 0.00881. The number of hydrogen-bond acceptors (Lipinski definition) is 10. The lowest BCUT2D eigenvalue weighted by Crippen LogP contribution is -2.33. The van der Waals surface area contributed by atoms with Crippen molar-refractivity contribution in [2.75, 3.05) is 12.5 Å². The molecule has 12 nitrogen and oxygen atoms in total. The second kappa shape index (κ2) is 11.1. The molecule has 178 valence electrons. The predicted molar refractivity (Wildman–Crippen MR) is 117 cm³/mol. The van der Waals surface area contributed by atoms with Crippen LogP contribution in [0.2, 0.25) is 0 Å². The topological polar surface area (TPSA) is 166 Å². The average Bonchev–Trinajstić information content (AvgIpc) is 3.01. The number of ether oxygens (including phenoxy) is 2. The normalized spacial score (nSPS) is 24.8. The third-order valence-corrected chi connectivity index (χ3v) is 8.89.